The van der Waals surface area contributed by atoms with Gasteiger partial charge in [0.05, 0.1) is 11.7 Å². The summed E-state index contributed by atoms with van der Waals surface area (Å²) < 4.78 is 5.18. The van der Waals surface area contributed by atoms with Gasteiger partial charge in [0.15, 0.2) is 0 Å². The fraction of sp³-hybridized carbons (Fsp3) is 0.500. The molecular weight excluding hydrogens is 214 g/mol. The maximum atomic E-state index is 11.9. The van der Waals surface area contributed by atoms with Gasteiger partial charge in [-0.1, -0.05) is 12.5 Å². The zero-order chi connectivity index (χ0) is 12.4. The molecule has 1 saturated carbocycles. The van der Waals surface area contributed by atoms with Crippen molar-refractivity contribution >= 4 is 11.7 Å². The molecule has 0 saturated heterocycles. The van der Waals surface area contributed by atoms with Crippen LogP contribution in [-0.2, 0) is 4.74 Å². The first kappa shape index (κ1) is 12.0. The van der Waals surface area contributed by atoms with Crippen LogP contribution in [0.2, 0.25) is 0 Å². The Morgan fingerprint density at radius 1 is 1.41 bits per heavy atom. The quantitative estimate of drug-likeness (QED) is 0.644. The first-order chi connectivity index (χ1) is 8.08. The molecule has 1 aliphatic rings. The summed E-state index contributed by atoms with van der Waals surface area (Å²) in [6.45, 7) is 3.67. The fourth-order valence-corrected chi connectivity index (χ4v) is 2.02. The van der Waals surface area contributed by atoms with E-state index in [-0.39, 0.29) is 12.1 Å². The molecule has 0 aromatic heterocycles. The molecule has 1 fully saturated rings. The number of nitrogens with two attached hydrogens (primary N) is 1. The highest BCUT2D eigenvalue weighted by atomic mass is 16.5. The summed E-state index contributed by atoms with van der Waals surface area (Å²) in [5.41, 5.74) is 8.04. The summed E-state index contributed by atoms with van der Waals surface area (Å²) in [6, 6.07) is 5.72. The van der Waals surface area contributed by atoms with Gasteiger partial charge in [0.25, 0.3) is 0 Å². The van der Waals surface area contributed by atoms with E-state index < -0.39 is 0 Å². The van der Waals surface area contributed by atoms with Crippen molar-refractivity contribution in [2.24, 2.45) is 0 Å². The van der Waals surface area contributed by atoms with Crippen molar-refractivity contribution in [3.63, 3.8) is 0 Å². The van der Waals surface area contributed by atoms with Crippen LogP contribution in [0.15, 0.2) is 18.2 Å². The average molecular weight is 233 g/mol. The van der Waals surface area contributed by atoms with Crippen molar-refractivity contribution in [1.82, 2.24) is 0 Å². The van der Waals surface area contributed by atoms with Crippen LogP contribution in [0.4, 0.5) is 5.69 Å². The summed E-state index contributed by atoms with van der Waals surface area (Å²) in [4.78, 5) is 11.9. The molecule has 1 aromatic carbocycles. The van der Waals surface area contributed by atoms with Crippen molar-refractivity contribution in [2.75, 3.05) is 5.73 Å². The van der Waals surface area contributed by atoms with Crippen molar-refractivity contribution in [3.05, 3.63) is 29.3 Å². The van der Waals surface area contributed by atoms with Crippen molar-refractivity contribution < 1.29 is 9.53 Å². The van der Waals surface area contributed by atoms with Crippen LogP contribution in [0.1, 0.15) is 54.9 Å². The van der Waals surface area contributed by atoms with E-state index in [0.29, 0.717) is 17.2 Å². The third-order valence-electron chi connectivity index (χ3n) is 3.22. The van der Waals surface area contributed by atoms with Crippen molar-refractivity contribution in [1.29, 1.82) is 0 Å². The first-order valence-corrected chi connectivity index (χ1v) is 6.18. The van der Waals surface area contributed by atoms with Gasteiger partial charge in [0, 0.05) is 5.69 Å². The Labute approximate surface area is 102 Å². The van der Waals surface area contributed by atoms with E-state index in [0.717, 1.165) is 0 Å². The molecule has 0 amide bonds. The van der Waals surface area contributed by atoms with E-state index in [1.807, 2.05) is 32.0 Å². The largest absolute Gasteiger partial charge is 0.459 e. The molecule has 0 unspecified atom stereocenters. The lowest BCUT2D eigenvalue weighted by Crippen LogP contribution is -2.15. The van der Waals surface area contributed by atoms with Gasteiger partial charge in [-0.05, 0) is 50.3 Å². The molecule has 0 bridgehead atoms. The first-order valence-electron chi connectivity index (χ1n) is 6.18. The van der Waals surface area contributed by atoms with Crippen LogP contribution < -0.4 is 5.73 Å². The minimum Gasteiger partial charge on any atom is -0.459 e. The summed E-state index contributed by atoms with van der Waals surface area (Å²) in [5.74, 6) is 0.278. The van der Waals surface area contributed by atoms with E-state index in [9.17, 15) is 4.79 Å². The monoisotopic (exact) mass is 233 g/mol. The molecule has 1 aromatic rings. The van der Waals surface area contributed by atoms with E-state index in [1.165, 1.54) is 24.8 Å². The van der Waals surface area contributed by atoms with Gasteiger partial charge in [-0.25, -0.2) is 4.79 Å². The second-order valence-corrected chi connectivity index (χ2v) is 4.93. The Balaban J connectivity index is 2.22. The van der Waals surface area contributed by atoms with Crippen LogP contribution in [-0.4, -0.2) is 12.1 Å². The maximum absolute atomic E-state index is 11.9. The number of anilines is 1. The van der Waals surface area contributed by atoms with E-state index in [2.05, 4.69) is 0 Å². The lowest BCUT2D eigenvalue weighted by molar-refractivity contribution is 0.0379. The zero-order valence-corrected chi connectivity index (χ0v) is 10.4. The highest BCUT2D eigenvalue weighted by Crippen LogP contribution is 2.37. The molecule has 3 nitrogen and oxygen atoms in total. The summed E-state index contributed by atoms with van der Waals surface area (Å²) in [5, 5.41) is 0. The van der Waals surface area contributed by atoms with Gasteiger partial charge in [-0.2, -0.15) is 0 Å². The molecule has 3 heteroatoms. The number of carbonyl (C=O) groups is 1. The van der Waals surface area contributed by atoms with Gasteiger partial charge in [0.1, 0.15) is 0 Å². The highest BCUT2D eigenvalue weighted by molar-refractivity contribution is 5.95. The molecule has 2 N–H and O–H groups in total. The Kier molecular flexibility index (Phi) is 3.36. The normalized spacial score (nSPS) is 15.7. The minimum atomic E-state index is -0.321. The van der Waals surface area contributed by atoms with E-state index in [4.69, 9.17) is 10.5 Å². The van der Waals surface area contributed by atoms with Crippen LogP contribution >= 0.6 is 0 Å². The maximum Gasteiger partial charge on any atom is 0.340 e. The molecule has 0 aliphatic heterocycles. The number of carbonyl (C=O) groups excluding carboxylic acids is 1. The highest BCUT2D eigenvalue weighted by Gasteiger charge is 2.22. The number of hydrogen-bond acceptors (Lipinski definition) is 3. The second-order valence-electron chi connectivity index (χ2n) is 4.93. The Bertz CT molecular complexity index is 422. The number of hydrogen-bond donors (Lipinski definition) is 1. The molecule has 17 heavy (non-hydrogen) atoms. The van der Waals surface area contributed by atoms with Crippen molar-refractivity contribution in [3.8, 4) is 0 Å². The van der Waals surface area contributed by atoms with Crippen LogP contribution in [0.25, 0.3) is 0 Å². The Hall–Kier alpha value is -1.51. The topological polar surface area (TPSA) is 52.3 Å². The fourth-order valence-electron chi connectivity index (χ4n) is 2.02. The summed E-state index contributed by atoms with van der Waals surface area (Å²) in [6.07, 6.45) is 3.58. The molecule has 2 rings (SSSR count). The Morgan fingerprint density at radius 3 is 2.65 bits per heavy atom. The molecule has 0 heterocycles. The zero-order valence-electron chi connectivity index (χ0n) is 10.4. The second kappa shape index (κ2) is 4.78. The van der Waals surface area contributed by atoms with E-state index >= 15 is 0 Å². The van der Waals surface area contributed by atoms with Gasteiger partial charge in [-0.15, -0.1) is 0 Å². The van der Waals surface area contributed by atoms with Crippen LogP contribution in [0.5, 0.6) is 0 Å². The molecular formula is C14H19NO2. The van der Waals surface area contributed by atoms with Gasteiger partial charge in [-0.3, -0.25) is 0 Å². The predicted molar refractivity (Wildman–Crippen MR) is 68.0 cm³/mol. The van der Waals surface area contributed by atoms with Crippen LogP contribution in [0, 0.1) is 0 Å². The predicted octanol–water partition coefficient (Wildman–Crippen LogP) is 3.10. The third kappa shape index (κ3) is 2.60. The number of ether oxygens (including phenoxy) is 1. The van der Waals surface area contributed by atoms with Crippen LogP contribution in [0.3, 0.4) is 0 Å². The number of nitrogen functional groups attached to an aromatic ring is 1. The van der Waals surface area contributed by atoms with Crippen molar-refractivity contribution in [2.45, 2.75) is 45.1 Å². The molecule has 0 atom stereocenters. The lowest BCUT2D eigenvalue weighted by atomic mass is 9.79. The minimum absolute atomic E-state index is 0.116. The Morgan fingerprint density at radius 2 is 2.12 bits per heavy atom. The average Bonchev–Trinajstić information content (AvgIpc) is 2.17. The molecule has 0 radical (unpaired) electrons. The smallest absolute Gasteiger partial charge is 0.340 e. The molecule has 92 valence electrons. The molecule has 1 aliphatic carbocycles. The summed E-state index contributed by atoms with van der Waals surface area (Å²) in [7, 11) is 0. The SMILES string of the molecule is CC(C)OC(=O)c1cc(C2CCC2)ccc1N. The number of esters is 1. The van der Waals surface area contributed by atoms with Gasteiger partial charge in [0.2, 0.25) is 0 Å². The van der Waals surface area contributed by atoms with Gasteiger partial charge >= 0.3 is 5.97 Å². The number of rotatable bonds is 3. The number of benzene rings is 1. The summed E-state index contributed by atoms with van der Waals surface area (Å²) >= 11 is 0. The molecule has 0 spiro atoms. The lowest BCUT2D eigenvalue weighted by Gasteiger charge is -2.26. The van der Waals surface area contributed by atoms with Gasteiger partial charge < -0.3 is 10.5 Å². The standard InChI is InChI=1S/C14H19NO2/c1-9(2)17-14(16)12-8-11(6-7-13(12)15)10-4-3-5-10/h6-10H,3-5,15H2,1-2H3. The third-order valence-corrected chi connectivity index (χ3v) is 3.22. The van der Waals surface area contributed by atoms with E-state index in [1.54, 1.807) is 0 Å².